The minimum atomic E-state index is 0.351. The van der Waals surface area contributed by atoms with Gasteiger partial charge >= 0.3 is 0 Å². The summed E-state index contributed by atoms with van der Waals surface area (Å²) in [5.41, 5.74) is 2.36. The molecule has 0 atom stereocenters. The van der Waals surface area contributed by atoms with Crippen LogP contribution in [0, 0.1) is 0 Å². The number of hydrogen-bond donors (Lipinski definition) is 2. The summed E-state index contributed by atoms with van der Waals surface area (Å²) in [6, 6.07) is 18.7. The molecule has 18 heavy (non-hydrogen) atoms. The SMILES string of the molecule is N/N=C(/C(=N\O)c1ccccc1)c1ccccc1. The van der Waals surface area contributed by atoms with Crippen molar-refractivity contribution in [2.24, 2.45) is 16.1 Å². The molecular formula is C14H13N3O. The van der Waals surface area contributed by atoms with Gasteiger partial charge in [0.05, 0.1) is 0 Å². The summed E-state index contributed by atoms with van der Waals surface area (Å²) >= 11 is 0. The van der Waals surface area contributed by atoms with E-state index >= 15 is 0 Å². The quantitative estimate of drug-likeness (QED) is 0.373. The van der Waals surface area contributed by atoms with Gasteiger partial charge in [-0.15, -0.1) is 0 Å². The van der Waals surface area contributed by atoms with Crippen molar-refractivity contribution in [2.45, 2.75) is 0 Å². The van der Waals surface area contributed by atoms with E-state index in [0.717, 1.165) is 11.1 Å². The van der Waals surface area contributed by atoms with E-state index in [1.54, 1.807) is 0 Å². The average Bonchev–Trinajstić information content (AvgIpc) is 2.46. The van der Waals surface area contributed by atoms with Crippen LogP contribution in [0.4, 0.5) is 0 Å². The van der Waals surface area contributed by atoms with Crippen molar-refractivity contribution >= 4 is 11.4 Å². The van der Waals surface area contributed by atoms with Crippen LogP contribution in [-0.2, 0) is 0 Å². The molecule has 0 aromatic heterocycles. The Balaban J connectivity index is 2.45. The maximum Gasteiger partial charge on any atom is 0.137 e. The number of oxime groups is 1. The number of nitrogens with two attached hydrogens (primary N) is 1. The Hall–Kier alpha value is -2.62. The third kappa shape index (κ3) is 2.38. The van der Waals surface area contributed by atoms with Gasteiger partial charge in [-0.25, -0.2) is 0 Å². The molecule has 90 valence electrons. The highest BCUT2D eigenvalue weighted by atomic mass is 16.4. The van der Waals surface area contributed by atoms with Crippen LogP contribution in [0.25, 0.3) is 0 Å². The van der Waals surface area contributed by atoms with E-state index in [9.17, 15) is 5.21 Å². The molecule has 2 aromatic carbocycles. The number of rotatable bonds is 3. The standard InChI is InChI=1S/C14H13N3O/c15-16-13(11-7-3-1-4-8-11)14(17-18)12-9-5-2-6-10-12/h1-10,18H,15H2/b16-13+,17-14-. The molecule has 0 aliphatic carbocycles. The van der Waals surface area contributed by atoms with Crippen molar-refractivity contribution in [2.75, 3.05) is 0 Å². The number of benzene rings is 2. The molecule has 2 aromatic rings. The molecule has 0 unspecified atom stereocenters. The van der Waals surface area contributed by atoms with Crippen LogP contribution in [0.15, 0.2) is 70.9 Å². The summed E-state index contributed by atoms with van der Waals surface area (Å²) < 4.78 is 0. The Morgan fingerprint density at radius 3 is 1.61 bits per heavy atom. The first-order valence-electron chi connectivity index (χ1n) is 5.48. The minimum absolute atomic E-state index is 0.351. The van der Waals surface area contributed by atoms with Crippen LogP contribution >= 0.6 is 0 Å². The van der Waals surface area contributed by atoms with E-state index in [0.29, 0.717) is 11.4 Å². The first-order chi connectivity index (χ1) is 8.86. The molecule has 0 saturated carbocycles. The molecule has 4 nitrogen and oxygen atoms in total. The van der Waals surface area contributed by atoms with Crippen LogP contribution in [-0.4, -0.2) is 16.6 Å². The predicted octanol–water partition coefficient (Wildman–Crippen LogP) is 2.23. The summed E-state index contributed by atoms with van der Waals surface area (Å²) in [4.78, 5) is 0. The van der Waals surface area contributed by atoms with E-state index in [4.69, 9.17) is 5.84 Å². The van der Waals surface area contributed by atoms with Crippen molar-refractivity contribution in [3.63, 3.8) is 0 Å². The minimum Gasteiger partial charge on any atom is -0.410 e. The van der Waals surface area contributed by atoms with Gasteiger partial charge in [0.1, 0.15) is 11.4 Å². The highest BCUT2D eigenvalue weighted by Crippen LogP contribution is 2.09. The van der Waals surface area contributed by atoms with Gasteiger partial charge in [-0.3, -0.25) is 0 Å². The Labute approximate surface area is 105 Å². The van der Waals surface area contributed by atoms with Crippen molar-refractivity contribution in [1.82, 2.24) is 0 Å². The highest BCUT2D eigenvalue weighted by molar-refractivity contribution is 6.53. The predicted molar refractivity (Wildman–Crippen MR) is 71.9 cm³/mol. The second-order valence-corrected chi connectivity index (χ2v) is 3.66. The molecule has 2 rings (SSSR count). The van der Waals surface area contributed by atoms with Crippen LogP contribution in [0.2, 0.25) is 0 Å². The molecular weight excluding hydrogens is 226 g/mol. The lowest BCUT2D eigenvalue weighted by Crippen LogP contribution is -2.19. The Bertz CT molecular complexity index is 509. The largest absolute Gasteiger partial charge is 0.410 e. The topological polar surface area (TPSA) is 71.0 Å². The maximum atomic E-state index is 9.19. The third-order valence-electron chi connectivity index (χ3n) is 2.55. The molecule has 0 amide bonds. The first kappa shape index (κ1) is 11.9. The Kier molecular flexibility index (Phi) is 3.71. The van der Waals surface area contributed by atoms with Crippen LogP contribution < -0.4 is 5.84 Å². The zero-order valence-corrected chi connectivity index (χ0v) is 9.69. The molecule has 0 heterocycles. The van der Waals surface area contributed by atoms with Crippen molar-refractivity contribution in [3.8, 4) is 0 Å². The van der Waals surface area contributed by atoms with Crippen LogP contribution in [0.5, 0.6) is 0 Å². The van der Waals surface area contributed by atoms with Gasteiger partial charge in [0.15, 0.2) is 0 Å². The fraction of sp³-hybridized carbons (Fsp3) is 0. The summed E-state index contributed by atoms with van der Waals surface area (Å²) in [6.07, 6.45) is 0. The first-order valence-corrected chi connectivity index (χ1v) is 5.48. The summed E-state index contributed by atoms with van der Waals surface area (Å²) in [7, 11) is 0. The number of nitrogens with zero attached hydrogens (tertiary/aromatic N) is 2. The molecule has 0 aliphatic rings. The lowest BCUT2D eigenvalue weighted by Gasteiger charge is -2.07. The zero-order chi connectivity index (χ0) is 12.8. The van der Waals surface area contributed by atoms with Crippen molar-refractivity contribution in [1.29, 1.82) is 0 Å². The second kappa shape index (κ2) is 5.63. The third-order valence-corrected chi connectivity index (χ3v) is 2.55. The smallest absolute Gasteiger partial charge is 0.137 e. The zero-order valence-electron chi connectivity index (χ0n) is 9.69. The maximum absolute atomic E-state index is 9.19. The monoisotopic (exact) mass is 239 g/mol. The van der Waals surface area contributed by atoms with Crippen molar-refractivity contribution < 1.29 is 5.21 Å². The molecule has 4 heteroatoms. The van der Waals surface area contributed by atoms with Crippen LogP contribution in [0.1, 0.15) is 11.1 Å². The second-order valence-electron chi connectivity index (χ2n) is 3.66. The fourth-order valence-corrected chi connectivity index (χ4v) is 1.71. The molecule has 0 aliphatic heterocycles. The van der Waals surface area contributed by atoms with E-state index in [1.807, 2.05) is 60.7 Å². The summed E-state index contributed by atoms with van der Waals surface area (Å²) in [5, 5.41) is 16.2. The normalized spacial score (nSPS) is 12.4. The lowest BCUT2D eigenvalue weighted by atomic mass is 10.00. The molecule has 3 N–H and O–H groups in total. The molecule has 0 fully saturated rings. The fourth-order valence-electron chi connectivity index (χ4n) is 1.71. The lowest BCUT2D eigenvalue weighted by molar-refractivity contribution is 0.320. The average molecular weight is 239 g/mol. The van der Waals surface area contributed by atoms with Gasteiger partial charge in [0.25, 0.3) is 0 Å². The molecule has 0 spiro atoms. The van der Waals surface area contributed by atoms with E-state index < -0.39 is 0 Å². The van der Waals surface area contributed by atoms with Crippen LogP contribution in [0.3, 0.4) is 0 Å². The van der Waals surface area contributed by atoms with Gasteiger partial charge in [-0.1, -0.05) is 65.8 Å². The van der Waals surface area contributed by atoms with Crippen molar-refractivity contribution in [3.05, 3.63) is 71.8 Å². The van der Waals surface area contributed by atoms with Gasteiger partial charge in [-0.2, -0.15) is 5.10 Å². The van der Waals surface area contributed by atoms with E-state index in [-0.39, 0.29) is 0 Å². The highest BCUT2D eigenvalue weighted by Gasteiger charge is 2.14. The molecule has 0 saturated heterocycles. The van der Waals surface area contributed by atoms with Gasteiger partial charge in [0.2, 0.25) is 0 Å². The number of hydrazone groups is 1. The van der Waals surface area contributed by atoms with Gasteiger partial charge in [0, 0.05) is 11.1 Å². The Morgan fingerprint density at radius 2 is 1.22 bits per heavy atom. The van der Waals surface area contributed by atoms with E-state index in [2.05, 4.69) is 10.3 Å². The molecule has 0 radical (unpaired) electrons. The van der Waals surface area contributed by atoms with Gasteiger partial charge in [-0.05, 0) is 0 Å². The number of hydrogen-bond acceptors (Lipinski definition) is 4. The molecule has 0 bridgehead atoms. The van der Waals surface area contributed by atoms with Gasteiger partial charge < -0.3 is 11.0 Å². The Morgan fingerprint density at radius 1 is 0.778 bits per heavy atom. The summed E-state index contributed by atoms with van der Waals surface area (Å²) in [6.45, 7) is 0. The van der Waals surface area contributed by atoms with E-state index in [1.165, 1.54) is 0 Å². The summed E-state index contributed by atoms with van der Waals surface area (Å²) in [5.74, 6) is 5.41.